The molecule has 0 saturated carbocycles. The Hall–Kier alpha value is -1.40. The van der Waals surface area contributed by atoms with Gasteiger partial charge in [-0.15, -0.1) is 10.2 Å². The summed E-state index contributed by atoms with van der Waals surface area (Å²) in [5.74, 6) is 0.0132. The van der Waals surface area contributed by atoms with E-state index in [-0.39, 0.29) is 17.2 Å². The number of carbonyl (C=O) groups excluding carboxylic acids is 1. The molecule has 4 nitrogen and oxygen atoms in total. The van der Waals surface area contributed by atoms with Gasteiger partial charge in [0.25, 0.3) is 0 Å². The normalized spacial score (nSPS) is 13.8. The molecular formula is C14H17N3OS2. The first-order valence-corrected chi connectivity index (χ1v) is 8.08. The van der Waals surface area contributed by atoms with E-state index in [2.05, 4.69) is 15.5 Å². The molecule has 2 unspecified atom stereocenters. The summed E-state index contributed by atoms with van der Waals surface area (Å²) in [4.78, 5) is 12.2. The molecule has 0 bridgehead atoms. The quantitative estimate of drug-likeness (QED) is 0.862. The van der Waals surface area contributed by atoms with E-state index in [1.165, 1.54) is 23.1 Å². The summed E-state index contributed by atoms with van der Waals surface area (Å²) >= 11 is 2.95. The standard InChI is InChI=1S/C14H17N3OS2/c1-9(12-7-5-4-6-8-12)15-13(18)10(2)19-14-17-16-11(3)20-14/h4-10H,1-3H3,(H,15,18). The minimum Gasteiger partial charge on any atom is -0.349 e. The fraction of sp³-hybridized carbons (Fsp3) is 0.357. The van der Waals surface area contributed by atoms with Crippen LogP contribution in [0.3, 0.4) is 0 Å². The van der Waals surface area contributed by atoms with Crippen LogP contribution < -0.4 is 5.32 Å². The Morgan fingerprint density at radius 2 is 1.95 bits per heavy atom. The maximum atomic E-state index is 12.2. The number of rotatable bonds is 5. The summed E-state index contributed by atoms with van der Waals surface area (Å²) in [6, 6.07) is 9.94. The predicted molar refractivity (Wildman–Crippen MR) is 83.0 cm³/mol. The molecule has 6 heteroatoms. The van der Waals surface area contributed by atoms with Crippen molar-refractivity contribution < 1.29 is 4.79 Å². The number of carbonyl (C=O) groups is 1. The number of hydrogen-bond donors (Lipinski definition) is 1. The highest BCUT2D eigenvalue weighted by molar-refractivity contribution is 8.02. The summed E-state index contributed by atoms with van der Waals surface area (Å²) in [7, 11) is 0. The van der Waals surface area contributed by atoms with E-state index in [1.807, 2.05) is 51.1 Å². The molecule has 0 aliphatic heterocycles. The fourth-order valence-corrected chi connectivity index (χ4v) is 3.66. The molecular weight excluding hydrogens is 290 g/mol. The Balaban J connectivity index is 1.91. The van der Waals surface area contributed by atoms with Gasteiger partial charge in [0, 0.05) is 0 Å². The lowest BCUT2D eigenvalue weighted by Gasteiger charge is -2.17. The van der Waals surface area contributed by atoms with E-state index in [1.54, 1.807) is 0 Å². The van der Waals surface area contributed by atoms with E-state index in [9.17, 15) is 4.79 Å². The zero-order valence-corrected chi connectivity index (χ0v) is 13.3. The van der Waals surface area contributed by atoms with Crippen LogP contribution in [0.15, 0.2) is 34.7 Å². The highest BCUT2D eigenvalue weighted by Gasteiger charge is 2.18. The third-order valence-corrected chi connectivity index (χ3v) is 4.84. The first-order chi connectivity index (χ1) is 9.56. The van der Waals surface area contributed by atoms with Gasteiger partial charge in [0.05, 0.1) is 11.3 Å². The summed E-state index contributed by atoms with van der Waals surface area (Å²) in [6.07, 6.45) is 0. The summed E-state index contributed by atoms with van der Waals surface area (Å²) in [5, 5.41) is 11.7. The fourth-order valence-electron chi connectivity index (χ4n) is 1.69. The second-order valence-corrected chi connectivity index (χ2v) is 7.26. The molecule has 1 N–H and O–H groups in total. The van der Waals surface area contributed by atoms with E-state index >= 15 is 0 Å². The molecule has 0 radical (unpaired) electrons. The molecule has 1 amide bonds. The molecule has 2 aromatic rings. The lowest BCUT2D eigenvalue weighted by molar-refractivity contribution is -0.120. The van der Waals surface area contributed by atoms with Crippen LogP contribution in [0, 0.1) is 6.92 Å². The first kappa shape index (κ1) is 15.0. The van der Waals surface area contributed by atoms with Crippen LogP contribution in [0.2, 0.25) is 0 Å². The zero-order chi connectivity index (χ0) is 14.5. The Morgan fingerprint density at radius 3 is 2.55 bits per heavy atom. The highest BCUT2D eigenvalue weighted by Crippen LogP contribution is 2.26. The van der Waals surface area contributed by atoms with Gasteiger partial charge in [0.2, 0.25) is 5.91 Å². The van der Waals surface area contributed by atoms with Crippen molar-refractivity contribution in [1.82, 2.24) is 15.5 Å². The van der Waals surface area contributed by atoms with Crippen LogP contribution in [0.4, 0.5) is 0 Å². The van der Waals surface area contributed by atoms with Crippen molar-refractivity contribution in [2.75, 3.05) is 0 Å². The van der Waals surface area contributed by atoms with Crippen molar-refractivity contribution >= 4 is 29.0 Å². The predicted octanol–water partition coefficient (Wildman–Crippen LogP) is 3.20. The number of nitrogens with zero attached hydrogens (tertiary/aromatic N) is 2. The van der Waals surface area contributed by atoms with Crippen molar-refractivity contribution in [3.8, 4) is 0 Å². The average Bonchev–Trinajstić information content (AvgIpc) is 2.85. The molecule has 0 aliphatic carbocycles. The van der Waals surface area contributed by atoms with Crippen LogP contribution in [-0.4, -0.2) is 21.4 Å². The molecule has 2 rings (SSSR count). The number of aryl methyl sites for hydroxylation is 1. The van der Waals surface area contributed by atoms with Crippen LogP contribution in [0.1, 0.15) is 30.5 Å². The maximum Gasteiger partial charge on any atom is 0.233 e. The lowest BCUT2D eigenvalue weighted by atomic mass is 10.1. The van der Waals surface area contributed by atoms with Gasteiger partial charge in [0.15, 0.2) is 4.34 Å². The van der Waals surface area contributed by atoms with Gasteiger partial charge < -0.3 is 5.32 Å². The monoisotopic (exact) mass is 307 g/mol. The number of aromatic nitrogens is 2. The number of nitrogens with one attached hydrogen (secondary N) is 1. The first-order valence-electron chi connectivity index (χ1n) is 6.38. The molecule has 106 valence electrons. The number of hydrogen-bond acceptors (Lipinski definition) is 5. The van der Waals surface area contributed by atoms with Crippen LogP contribution in [0.25, 0.3) is 0 Å². The van der Waals surface area contributed by atoms with Crippen molar-refractivity contribution in [2.45, 2.75) is 36.4 Å². The zero-order valence-electron chi connectivity index (χ0n) is 11.7. The Bertz CT molecular complexity index is 571. The van der Waals surface area contributed by atoms with Crippen LogP contribution in [-0.2, 0) is 4.79 Å². The molecule has 20 heavy (non-hydrogen) atoms. The van der Waals surface area contributed by atoms with Crippen molar-refractivity contribution in [2.24, 2.45) is 0 Å². The third kappa shape index (κ3) is 4.05. The number of benzene rings is 1. The molecule has 1 aromatic heterocycles. The summed E-state index contributed by atoms with van der Waals surface area (Å²) in [5.41, 5.74) is 1.10. The summed E-state index contributed by atoms with van der Waals surface area (Å²) in [6.45, 7) is 5.78. The molecule has 1 heterocycles. The summed E-state index contributed by atoms with van der Waals surface area (Å²) < 4.78 is 0.831. The van der Waals surface area contributed by atoms with Crippen molar-refractivity contribution in [3.63, 3.8) is 0 Å². The van der Waals surface area contributed by atoms with Gasteiger partial charge in [-0.2, -0.15) is 0 Å². The van der Waals surface area contributed by atoms with E-state index in [0.29, 0.717) is 0 Å². The third-order valence-electron chi connectivity index (χ3n) is 2.81. The maximum absolute atomic E-state index is 12.2. The van der Waals surface area contributed by atoms with Crippen molar-refractivity contribution in [3.05, 3.63) is 40.9 Å². The Labute approximate surface area is 127 Å². The van der Waals surface area contributed by atoms with Gasteiger partial charge in [0.1, 0.15) is 5.01 Å². The minimum absolute atomic E-state index is 0.00269. The SMILES string of the molecule is Cc1nnc(SC(C)C(=O)NC(C)c2ccccc2)s1. The highest BCUT2D eigenvalue weighted by atomic mass is 32.2. The molecule has 0 saturated heterocycles. The lowest BCUT2D eigenvalue weighted by Crippen LogP contribution is -2.33. The van der Waals surface area contributed by atoms with Gasteiger partial charge in [-0.05, 0) is 26.3 Å². The molecule has 0 aliphatic rings. The van der Waals surface area contributed by atoms with E-state index < -0.39 is 0 Å². The topological polar surface area (TPSA) is 54.9 Å². The largest absolute Gasteiger partial charge is 0.349 e. The van der Waals surface area contributed by atoms with Gasteiger partial charge in [-0.3, -0.25) is 4.79 Å². The molecule has 2 atom stereocenters. The van der Waals surface area contributed by atoms with Gasteiger partial charge in [-0.1, -0.05) is 53.4 Å². The molecule has 1 aromatic carbocycles. The Kier molecular flexibility index (Phi) is 5.14. The van der Waals surface area contributed by atoms with Gasteiger partial charge in [-0.25, -0.2) is 0 Å². The van der Waals surface area contributed by atoms with Crippen LogP contribution in [0.5, 0.6) is 0 Å². The van der Waals surface area contributed by atoms with Crippen LogP contribution >= 0.6 is 23.1 Å². The molecule has 0 fully saturated rings. The minimum atomic E-state index is -0.187. The van der Waals surface area contributed by atoms with Crippen molar-refractivity contribution in [1.29, 1.82) is 0 Å². The van der Waals surface area contributed by atoms with Gasteiger partial charge >= 0.3 is 0 Å². The second kappa shape index (κ2) is 6.85. The Morgan fingerprint density at radius 1 is 1.25 bits per heavy atom. The second-order valence-electron chi connectivity index (χ2n) is 4.49. The number of thioether (sulfide) groups is 1. The van der Waals surface area contributed by atoms with E-state index in [0.717, 1.165) is 14.9 Å². The average molecular weight is 307 g/mol. The smallest absolute Gasteiger partial charge is 0.233 e. The number of amides is 1. The van der Waals surface area contributed by atoms with E-state index in [4.69, 9.17) is 0 Å². The molecule has 0 spiro atoms.